The number of carboxylic acid groups (broad SMARTS) is 1. The zero-order valence-corrected chi connectivity index (χ0v) is 18.6. The van der Waals surface area contributed by atoms with Crippen molar-refractivity contribution in [3.05, 3.63) is 58.9 Å². The predicted molar refractivity (Wildman–Crippen MR) is 123 cm³/mol. The lowest BCUT2D eigenvalue weighted by Crippen LogP contribution is -2.38. The number of hydrogen-bond acceptors (Lipinski definition) is 3. The van der Waals surface area contributed by atoms with Gasteiger partial charge in [-0.3, -0.25) is 9.59 Å². The molecule has 2 atom stereocenters. The van der Waals surface area contributed by atoms with Crippen LogP contribution in [0.5, 0.6) is 0 Å². The number of likely N-dealkylation sites (tertiary alicyclic amines) is 1. The second-order valence-electron chi connectivity index (χ2n) is 8.48. The Morgan fingerprint density at radius 3 is 2.59 bits per heavy atom. The molecule has 0 aromatic heterocycles. The van der Waals surface area contributed by atoms with Gasteiger partial charge >= 0.3 is 5.97 Å². The topological polar surface area (TPSA) is 74.7 Å². The summed E-state index contributed by atoms with van der Waals surface area (Å²) in [5.41, 5.74) is 1.05. The molecular weight excluding hydrogens is 432 g/mol. The molecule has 2 aromatic carbocycles. The standard InChI is InChI=1S/C24H25BClFNO4/c1-16(30)28-9-8-24(14-28,23(31)32)12-18(13-25-15-29)10-17-2-4-19(5-3-17)21-11-20(26)6-7-22(21)27/h2-7,11,15,18H,8-10,12-14H2,1H3,(H,31,32)/t18-,24?/m1/s1. The molecule has 0 bridgehead atoms. The van der Waals surface area contributed by atoms with Crippen LogP contribution in [0.25, 0.3) is 11.1 Å². The molecule has 0 aliphatic carbocycles. The van der Waals surface area contributed by atoms with Crippen molar-refractivity contribution in [3.8, 4) is 11.1 Å². The van der Waals surface area contributed by atoms with Gasteiger partial charge in [0.15, 0.2) is 7.28 Å². The Morgan fingerprint density at radius 2 is 2.00 bits per heavy atom. The number of benzene rings is 2. The van der Waals surface area contributed by atoms with Crippen molar-refractivity contribution in [2.24, 2.45) is 11.3 Å². The Hall–Kier alpha value is -2.67. The maximum Gasteiger partial charge on any atom is 0.311 e. The van der Waals surface area contributed by atoms with Gasteiger partial charge in [0.1, 0.15) is 5.82 Å². The van der Waals surface area contributed by atoms with Crippen LogP contribution in [0.2, 0.25) is 11.3 Å². The van der Waals surface area contributed by atoms with Crippen LogP contribution in [0, 0.1) is 17.2 Å². The summed E-state index contributed by atoms with van der Waals surface area (Å²) in [7, 11) is 1.51. The van der Waals surface area contributed by atoms with E-state index in [2.05, 4.69) is 0 Å². The molecule has 1 saturated heterocycles. The fourth-order valence-corrected chi connectivity index (χ4v) is 4.65. The molecule has 1 fully saturated rings. The first-order chi connectivity index (χ1) is 15.2. The van der Waals surface area contributed by atoms with E-state index < -0.39 is 11.4 Å². The molecule has 1 radical (unpaired) electrons. The predicted octanol–water partition coefficient (Wildman–Crippen LogP) is 4.33. The van der Waals surface area contributed by atoms with E-state index in [4.69, 9.17) is 11.6 Å². The summed E-state index contributed by atoms with van der Waals surface area (Å²) in [4.78, 5) is 36.4. The minimum absolute atomic E-state index is 0.0861. The molecule has 0 spiro atoms. The van der Waals surface area contributed by atoms with E-state index in [0.717, 1.165) is 11.7 Å². The third-order valence-corrected chi connectivity index (χ3v) is 6.45. The maximum atomic E-state index is 14.2. The second kappa shape index (κ2) is 10.3. The molecule has 32 heavy (non-hydrogen) atoms. The van der Waals surface area contributed by atoms with Gasteiger partial charge in [0.05, 0.1) is 11.6 Å². The van der Waals surface area contributed by atoms with Gasteiger partial charge in [-0.25, -0.2) is 4.39 Å². The lowest BCUT2D eigenvalue weighted by molar-refractivity contribution is -0.149. The molecule has 1 N–H and O–H groups in total. The molecule has 1 aliphatic rings. The van der Waals surface area contributed by atoms with Crippen LogP contribution in [0.4, 0.5) is 4.39 Å². The van der Waals surface area contributed by atoms with Crippen molar-refractivity contribution in [1.82, 2.24) is 4.90 Å². The van der Waals surface area contributed by atoms with Crippen LogP contribution in [-0.2, 0) is 20.8 Å². The summed E-state index contributed by atoms with van der Waals surface area (Å²) in [6.45, 7) is 2.05. The highest BCUT2D eigenvalue weighted by molar-refractivity contribution is 6.66. The zero-order chi connectivity index (χ0) is 23.3. The second-order valence-corrected chi connectivity index (χ2v) is 8.92. The molecule has 167 valence electrons. The summed E-state index contributed by atoms with van der Waals surface area (Å²) in [6, 6.07) is 11.8. The van der Waals surface area contributed by atoms with Crippen LogP contribution in [0.1, 0.15) is 25.3 Å². The lowest BCUT2D eigenvalue weighted by atomic mass is 9.65. The molecular formula is C24H25BClFNO4. The van der Waals surface area contributed by atoms with Crippen LogP contribution < -0.4 is 0 Å². The Balaban J connectivity index is 1.78. The van der Waals surface area contributed by atoms with E-state index in [1.54, 1.807) is 11.0 Å². The molecule has 0 saturated carbocycles. The molecule has 8 heteroatoms. The van der Waals surface area contributed by atoms with Crippen molar-refractivity contribution < 1.29 is 23.9 Å². The number of halogens is 2. The van der Waals surface area contributed by atoms with E-state index in [-0.39, 0.29) is 24.2 Å². The SMILES string of the molecule is CC(=O)N1CCC(C[C@H](C[B]C=O)Cc2ccc(-c3cc(Cl)ccc3F)cc2)(C(=O)O)C1. The molecule has 1 unspecified atom stereocenters. The van der Waals surface area contributed by atoms with Crippen LogP contribution >= 0.6 is 11.6 Å². The normalized spacial score (nSPS) is 18.9. The smallest absolute Gasteiger partial charge is 0.311 e. The van der Waals surface area contributed by atoms with Crippen molar-refractivity contribution in [2.45, 2.75) is 32.5 Å². The van der Waals surface area contributed by atoms with E-state index in [1.807, 2.05) is 24.3 Å². The summed E-state index contributed by atoms with van der Waals surface area (Å²) in [6.07, 6.45) is 2.50. The van der Waals surface area contributed by atoms with E-state index in [0.29, 0.717) is 48.3 Å². The van der Waals surface area contributed by atoms with Crippen molar-refractivity contribution >= 4 is 36.9 Å². The van der Waals surface area contributed by atoms with Crippen molar-refractivity contribution in [3.63, 3.8) is 0 Å². The summed E-state index contributed by atoms with van der Waals surface area (Å²) in [5.74, 6) is -1.49. The first-order valence-corrected chi connectivity index (χ1v) is 10.9. The number of aliphatic carboxylic acids is 1. The van der Waals surface area contributed by atoms with Crippen molar-refractivity contribution in [2.75, 3.05) is 13.1 Å². The molecule has 2 aromatic rings. The number of amides is 1. The molecule has 1 heterocycles. The Morgan fingerprint density at radius 1 is 1.28 bits per heavy atom. The number of nitrogens with zero attached hydrogens (tertiary/aromatic N) is 1. The van der Waals surface area contributed by atoms with Crippen molar-refractivity contribution in [1.29, 1.82) is 0 Å². The van der Waals surface area contributed by atoms with Crippen LogP contribution in [0.3, 0.4) is 0 Å². The van der Waals surface area contributed by atoms with Gasteiger partial charge < -0.3 is 14.8 Å². The van der Waals surface area contributed by atoms with E-state index in [9.17, 15) is 23.9 Å². The highest BCUT2D eigenvalue weighted by Crippen LogP contribution is 2.39. The highest BCUT2D eigenvalue weighted by Gasteiger charge is 2.46. The number of rotatable bonds is 9. The van der Waals surface area contributed by atoms with Gasteiger partial charge in [-0.15, -0.1) is 0 Å². The third-order valence-electron chi connectivity index (χ3n) is 6.22. The minimum Gasteiger partial charge on any atom is -0.481 e. The lowest BCUT2D eigenvalue weighted by Gasteiger charge is -2.29. The first-order valence-electron chi connectivity index (χ1n) is 10.5. The van der Waals surface area contributed by atoms with E-state index in [1.165, 1.54) is 26.3 Å². The summed E-state index contributed by atoms with van der Waals surface area (Å²) in [5, 5.41) is 10.4. The fourth-order valence-electron chi connectivity index (χ4n) is 4.48. The fraction of sp³-hybridized carbons (Fsp3) is 0.375. The number of carbonyl (C=O) groups excluding carboxylic acids is 2. The zero-order valence-electron chi connectivity index (χ0n) is 17.9. The first kappa shape index (κ1) is 24.0. The van der Waals surface area contributed by atoms with E-state index >= 15 is 0 Å². The van der Waals surface area contributed by atoms with Gasteiger partial charge in [-0.1, -0.05) is 42.2 Å². The largest absolute Gasteiger partial charge is 0.481 e. The number of carboxylic acids is 1. The number of carbonyl (C=O) groups is 3. The third kappa shape index (κ3) is 5.57. The minimum atomic E-state index is -1.02. The average Bonchev–Trinajstić information content (AvgIpc) is 3.20. The highest BCUT2D eigenvalue weighted by atomic mass is 35.5. The Bertz CT molecular complexity index is 1000. The quantitative estimate of drug-likeness (QED) is 0.450. The van der Waals surface area contributed by atoms with Crippen LogP contribution in [-0.4, -0.2) is 48.4 Å². The molecule has 3 rings (SSSR count). The molecule has 1 amide bonds. The summed E-state index contributed by atoms with van der Waals surface area (Å²) < 4.78 is 14.2. The van der Waals surface area contributed by atoms with Crippen LogP contribution in [0.15, 0.2) is 42.5 Å². The number of hydrogen-bond donors (Lipinski definition) is 1. The monoisotopic (exact) mass is 456 g/mol. The van der Waals surface area contributed by atoms with Gasteiger partial charge in [-0.05, 0) is 54.5 Å². The molecule has 5 nitrogen and oxygen atoms in total. The summed E-state index contributed by atoms with van der Waals surface area (Å²) >= 11 is 5.99. The molecule has 1 aliphatic heterocycles. The van der Waals surface area contributed by atoms with Gasteiger partial charge in [-0.2, -0.15) is 0 Å². The average molecular weight is 457 g/mol. The van der Waals surface area contributed by atoms with Gasteiger partial charge in [0, 0.05) is 30.6 Å². The van der Waals surface area contributed by atoms with Gasteiger partial charge in [0.25, 0.3) is 0 Å². The Kier molecular flexibility index (Phi) is 7.72. The van der Waals surface area contributed by atoms with Gasteiger partial charge in [0.2, 0.25) is 5.91 Å². The Labute approximate surface area is 192 Å². The maximum absolute atomic E-state index is 14.2.